The Labute approximate surface area is 168 Å². The molecule has 0 unspecified atom stereocenters. The molecule has 0 saturated carbocycles. The van der Waals surface area contributed by atoms with Gasteiger partial charge in [-0.05, 0) is 42.8 Å². The molecule has 142 valence electrons. The van der Waals surface area contributed by atoms with Gasteiger partial charge in [0.1, 0.15) is 5.82 Å². The van der Waals surface area contributed by atoms with Crippen LogP contribution in [-0.4, -0.2) is 21.0 Å². The van der Waals surface area contributed by atoms with Crippen molar-refractivity contribution in [3.8, 4) is 0 Å². The summed E-state index contributed by atoms with van der Waals surface area (Å²) in [6.45, 7) is 3.13. The van der Waals surface area contributed by atoms with Crippen LogP contribution in [0.2, 0.25) is 0 Å². The summed E-state index contributed by atoms with van der Waals surface area (Å²) in [5.41, 5.74) is 4.54. The number of benzene rings is 3. The lowest BCUT2D eigenvalue weighted by Crippen LogP contribution is -2.09. The predicted molar refractivity (Wildman–Crippen MR) is 120 cm³/mol. The molecule has 0 aliphatic rings. The molecule has 0 radical (unpaired) electrons. The first kappa shape index (κ1) is 17.3. The normalized spacial score (nSPS) is 11.6. The Morgan fingerprint density at radius 2 is 1.72 bits per heavy atom. The number of anilines is 2. The number of hydrogen-bond acceptors (Lipinski definition) is 3. The number of aryl methyl sites for hydroxylation is 1. The third-order valence-electron chi connectivity index (χ3n) is 5.15. The molecule has 29 heavy (non-hydrogen) atoms. The van der Waals surface area contributed by atoms with Crippen LogP contribution in [-0.2, 0) is 6.54 Å². The number of rotatable bonds is 5. The van der Waals surface area contributed by atoms with Crippen LogP contribution in [0.15, 0.2) is 90.2 Å². The van der Waals surface area contributed by atoms with Crippen LogP contribution in [0.5, 0.6) is 0 Å². The number of para-hydroxylation sites is 2. The van der Waals surface area contributed by atoms with Gasteiger partial charge in [0.15, 0.2) is 0 Å². The van der Waals surface area contributed by atoms with Crippen molar-refractivity contribution in [3.63, 3.8) is 0 Å². The van der Waals surface area contributed by atoms with Crippen LogP contribution >= 0.6 is 0 Å². The lowest BCUT2D eigenvalue weighted by molar-refractivity contribution is 0.827. The summed E-state index contributed by atoms with van der Waals surface area (Å²) < 4.78 is 2.35. The molecule has 3 aromatic carbocycles. The molecule has 0 aliphatic carbocycles. The van der Waals surface area contributed by atoms with E-state index in [9.17, 15) is 0 Å². The monoisotopic (exact) mass is 379 g/mol. The van der Waals surface area contributed by atoms with Gasteiger partial charge in [-0.3, -0.25) is 5.10 Å². The number of aromatic amines is 1. The lowest BCUT2D eigenvalue weighted by atomic mass is 10.1. The van der Waals surface area contributed by atoms with E-state index in [-0.39, 0.29) is 0 Å². The van der Waals surface area contributed by atoms with Crippen LogP contribution in [0, 0.1) is 0 Å². The van der Waals surface area contributed by atoms with E-state index < -0.39 is 0 Å². The number of aromatic nitrogens is 3. The van der Waals surface area contributed by atoms with E-state index in [2.05, 4.69) is 64.2 Å². The highest BCUT2D eigenvalue weighted by Gasteiger charge is 2.11. The Morgan fingerprint density at radius 3 is 2.52 bits per heavy atom. The number of nitrogens with one attached hydrogen (secondary N) is 1. The van der Waals surface area contributed by atoms with Gasteiger partial charge in [0.2, 0.25) is 0 Å². The summed E-state index contributed by atoms with van der Waals surface area (Å²) in [6, 6.07) is 27.0. The molecule has 1 N–H and O–H groups in total. The van der Waals surface area contributed by atoms with Crippen molar-refractivity contribution < 1.29 is 0 Å². The van der Waals surface area contributed by atoms with Gasteiger partial charge in [-0.1, -0.05) is 42.5 Å². The third kappa shape index (κ3) is 3.06. The van der Waals surface area contributed by atoms with Crippen molar-refractivity contribution in [1.29, 1.82) is 0 Å². The van der Waals surface area contributed by atoms with E-state index in [1.165, 1.54) is 21.8 Å². The SMILES string of the molecule is CCn1c2ccccc2c2cc(C=NN(c3ccccc3)c3ccn[nH]3)ccc21. The Kier molecular flexibility index (Phi) is 4.33. The van der Waals surface area contributed by atoms with Crippen LogP contribution in [0.3, 0.4) is 0 Å². The average Bonchev–Trinajstić information content (AvgIpc) is 3.41. The molecule has 5 aromatic rings. The largest absolute Gasteiger partial charge is 0.341 e. The molecular weight excluding hydrogens is 358 g/mol. The van der Waals surface area contributed by atoms with E-state index >= 15 is 0 Å². The minimum absolute atomic E-state index is 0.816. The maximum absolute atomic E-state index is 4.75. The van der Waals surface area contributed by atoms with Crippen molar-refractivity contribution >= 4 is 39.5 Å². The molecule has 0 saturated heterocycles. The minimum Gasteiger partial charge on any atom is -0.341 e. The van der Waals surface area contributed by atoms with Gasteiger partial charge in [0.05, 0.1) is 18.1 Å². The van der Waals surface area contributed by atoms with E-state index in [0.717, 1.165) is 23.6 Å². The number of nitrogens with zero attached hydrogens (tertiary/aromatic N) is 4. The van der Waals surface area contributed by atoms with E-state index in [1.807, 2.05) is 47.6 Å². The van der Waals surface area contributed by atoms with E-state index in [1.54, 1.807) is 6.20 Å². The maximum atomic E-state index is 4.75. The zero-order valence-electron chi connectivity index (χ0n) is 16.2. The standard InChI is InChI=1S/C24H21N5/c1-2-28-22-11-7-6-10-20(22)21-16-18(12-13-23(21)28)17-26-29(24-14-15-25-27-24)19-8-4-3-5-9-19/h3-17H,2H2,1H3,(H,25,27). The summed E-state index contributed by atoms with van der Waals surface area (Å²) in [4.78, 5) is 0. The first-order chi connectivity index (χ1) is 14.3. The van der Waals surface area contributed by atoms with Crippen molar-refractivity contribution in [2.24, 2.45) is 5.10 Å². The van der Waals surface area contributed by atoms with E-state index in [0.29, 0.717) is 0 Å². The smallest absolute Gasteiger partial charge is 0.149 e. The molecule has 0 amide bonds. The molecule has 2 aromatic heterocycles. The summed E-state index contributed by atoms with van der Waals surface area (Å²) in [5.74, 6) is 0.816. The quantitative estimate of drug-likeness (QED) is 0.314. The van der Waals surface area contributed by atoms with Gasteiger partial charge in [-0.15, -0.1) is 0 Å². The summed E-state index contributed by atoms with van der Waals surface area (Å²) in [6.07, 6.45) is 3.62. The molecule has 0 atom stereocenters. The number of fused-ring (bicyclic) bond motifs is 3. The molecular formula is C24H21N5. The summed E-state index contributed by atoms with van der Waals surface area (Å²) >= 11 is 0. The molecule has 0 aliphatic heterocycles. The first-order valence-corrected chi connectivity index (χ1v) is 9.74. The fourth-order valence-corrected chi connectivity index (χ4v) is 3.82. The highest BCUT2D eigenvalue weighted by atomic mass is 15.5. The van der Waals surface area contributed by atoms with Gasteiger partial charge in [0, 0.05) is 34.4 Å². The Bertz CT molecular complexity index is 1280. The molecule has 5 heteroatoms. The maximum Gasteiger partial charge on any atom is 0.149 e. The summed E-state index contributed by atoms with van der Waals surface area (Å²) in [5, 5.41) is 16.2. The fourth-order valence-electron chi connectivity index (χ4n) is 3.82. The van der Waals surface area contributed by atoms with Crippen molar-refractivity contribution in [2.75, 3.05) is 5.01 Å². The highest BCUT2D eigenvalue weighted by molar-refractivity contribution is 6.09. The first-order valence-electron chi connectivity index (χ1n) is 9.74. The fraction of sp³-hybridized carbons (Fsp3) is 0.0833. The number of hydrogen-bond donors (Lipinski definition) is 1. The molecule has 0 fully saturated rings. The van der Waals surface area contributed by atoms with Crippen molar-refractivity contribution in [2.45, 2.75) is 13.5 Å². The molecule has 2 heterocycles. The van der Waals surface area contributed by atoms with Gasteiger partial charge in [0.25, 0.3) is 0 Å². The van der Waals surface area contributed by atoms with Crippen LogP contribution < -0.4 is 5.01 Å². The summed E-state index contributed by atoms with van der Waals surface area (Å²) in [7, 11) is 0. The number of H-pyrrole nitrogens is 1. The molecule has 5 nitrogen and oxygen atoms in total. The Balaban J connectivity index is 1.58. The Hall–Kier alpha value is -3.86. The number of hydrazone groups is 1. The van der Waals surface area contributed by atoms with Crippen LogP contribution in [0.4, 0.5) is 11.5 Å². The molecule has 0 spiro atoms. The zero-order valence-corrected chi connectivity index (χ0v) is 16.2. The minimum atomic E-state index is 0.816. The van der Waals surface area contributed by atoms with E-state index in [4.69, 9.17) is 5.10 Å². The third-order valence-corrected chi connectivity index (χ3v) is 5.15. The second-order valence-electron chi connectivity index (χ2n) is 6.87. The van der Waals surface area contributed by atoms with Gasteiger partial charge >= 0.3 is 0 Å². The molecule has 5 rings (SSSR count). The molecule has 0 bridgehead atoms. The highest BCUT2D eigenvalue weighted by Crippen LogP contribution is 2.29. The van der Waals surface area contributed by atoms with Crippen molar-refractivity contribution in [1.82, 2.24) is 14.8 Å². The Morgan fingerprint density at radius 1 is 0.931 bits per heavy atom. The van der Waals surface area contributed by atoms with Crippen molar-refractivity contribution in [3.05, 3.63) is 90.6 Å². The zero-order chi connectivity index (χ0) is 19.6. The van der Waals surface area contributed by atoms with Gasteiger partial charge in [-0.25, -0.2) is 5.01 Å². The predicted octanol–water partition coefficient (Wildman–Crippen LogP) is 5.71. The van der Waals surface area contributed by atoms with Crippen LogP contribution in [0.1, 0.15) is 12.5 Å². The second-order valence-corrected chi connectivity index (χ2v) is 6.87. The average molecular weight is 379 g/mol. The van der Waals surface area contributed by atoms with Crippen LogP contribution in [0.25, 0.3) is 21.8 Å². The second kappa shape index (κ2) is 7.28. The topological polar surface area (TPSA) is 49.2 Å². The van der Waals surface area contributed by atoms with Gasteiger partial charge < -0.3 is 4.57 Å². The van der Waals surface area contributed by atoms with Gasteiger partial charge in [-0.2, -0.15) is 10.2 Å². The lowest BCUT2D eigenvalue weighted by Gasteiger charge is -2.16.